The lowest BCUT2D eigenvalue weighted by molar-refractivity contribution is -0.121. The van der Waals surface area contributed by atoms with Crippen LogP contribution in [0, 0.1) is 11.6 Å². The maximum atomic E-state index is 13.8. The molecule has 2 amide bonds. The quantitative estimate of drug-likeness (QED) is 0.739. The highest BCUT2D eigenvalue weighted by Crippen LogP contribution is 2.36. The Morgan fingerprint density at radius 3 is 2.24 bits per heavy atom. The number of morpholine rings is 1. The molecule has 2 aliphatic heterocycles. The van der Waals surface area contributed by atoms with E-state index in [4.69, 9.17) is 9.47 Å². The molecule has 0 atom stereocenters. The third-order valence-corrected chi connectivity index (χ3v) is 4.93. The van der Waals surface area contributed by atoms with Crippen molar-refractivity contribution in [1.29, 1.82) is 0 Å². The van der Waals surface area contributed by atoms with Crippen LogP contribution >= 0.6 is 0 Å². The van der Waals surface area contributed by atoms with Crippen molar-refractivity contribution in [3.8, 4) is 5.75 Å². The molecule has 0 aliphatic carbocycles. The number of imide groups is 1. The van der Waals surface area contributed by atoms with Crippen molar-refractivity contribution in [1.82, 2.24) is 4.90 Å². The lowest BCUT2D eigenvalue weighted by Gasteiger charge is -2.29. The number of benzene rings is 2. The highest BCUT2D eigenvalue weighted by molar-refractivity contribution is 6.45. The molecule has 0 N–H and O–H groups in total. The maximum Gasteiger partial charge on any atom is 0.282 e. The molecule has 2 aliphatic rings. The average molecular weight is 400 g/mol. The number of nitrogens with zero attached hydrogens (tertiary/aromatic N) is 2. The minimum atomic E-state index is -1.13. The molecule has 8 heteroatoms. The molecule has 2 aromatic rings. The van der Waals surface area contributed by atoms with E-state index in [2.05, 4.69) is 0 Å². The molecule has 0 radical (unpaired) electrons. The number of rotatable bonds is 4. The number of ether oxygens (including phenoxy) is 2. The molecule has 4 rings (SSSR count). The Bertz CT molecular complexity index is 998. The van der Waals surface area contributed by atoms with Gasteiger partial charge in [-0.05, 0) is 29.8 Å². The Hall–Kier alpha value is -3.26. The van der Waals surface area contributed by atoms with E-state index in [1.165, 1.54) is 13.2 Å². The minimum Gasteiger partial charge on any atom is -0.497 e. The Kier molecular flexibility index (Phi) is 5.02. The largest absolute Gasteiger partial charge is 0.497 e. The molecule has 0 saturated carbocycles. The molecule has 29 heavy (non-hydrogen) atoms. The van der Waals surface area contributed by atoms with Crippen molar-refractivity contribution < 1.29 is 27.8 Å². The Labute approximate surface area is 165 Å². The van der Waals surface area contributed by atoms with Crippen LogP contribution in [0.3, 0.4) is 0 Å². The molecular weight excluding hydrogens is 382 g/mol. The first kappa shape index (κ1) is 19.1. The number of carbonyl (C=O) groups is 2. The van der Waals surface area contributed by atoms with Crippen LogP contribution in [0.25, 0.3) is 5.57 Å². The molecule has 0 aromatic heterocycles. The van der Waals surface area contributed by atoms with Crippen LogP contribution < -0.4 is 9.64 Å². The molecule has 0 bridgehead atoms. The summed E-state index contributed by atoms with van der Waals surface area (Å²) in [5, 5.41) is 0. The van der Waals surface area contributed by atoms with Gasteiger partial charge in [-0.3, -0.25) is 9.59 Å². The van der Waals surface area contributed by atoms with Crippen molar-refractivity contribution in [2.24, 2.45) is 0 Å². The summed E-state index contributed by atoms with van der Waals surface area (Å²) in [6.07, 6.45) is 0. The monoisotopic (exact) mass is 400 g/mol. The van der Waals surface area contributed by atoms with Crippen LogP contribution in [0.1, 0.15) is 5.56 Å². The molecule has 150 valence electrons. The summed E-state index contributed by atoms with van der Waals surface area (Å²) < 4.78 is 37.6. The van der Waals surface area contributed by atoms with E-state index in [-0.39, 0.29) is 17.0 Å². The summed E-state index contributed by atoms with van der Waals surface area (Å²) in [4.78, 5) is 29.2. The van der Waals surface area contributed by atoms with E-state index in [1.807, 2.05) is 0 Å². The highest BCUT2D eigenvalue weighted by atomic mass is 19.2. The van der Waals surface area contributed by atoms with Crippen LogP contribution in [0.4, 0.5) is 14.5 Å². The van der Waals surface area contributed by atoms with Gasteiger partial charge in [-0.15, -0.1) is 0 Å². The van der Waals surface area contributed by atoms with Gasteiger partial charge in [0.2, 0.25) is 0 Å². The van der Waals surface area contributed by atoms with Crippen LogP contribution in [0.15, 0.2) is 48.2 Å². The second-order valence-electron chi connectivity index (χ2n) is 6.60. The van der Waals surface area contributed by atoms with E-state index in [0.29, 0.717) is 37.6 Å². The first-order chi connectivity index (χ1) is 14.0. The van der Waals surface area contributed by atoms with Gasteiger partial charge in [0, 0.05) is 19.2 Å². The van der Waals surface area contributed by atoms with Gasteiger partial charge in [-0.25, -0.2) is 13.7 Å². The second kappa shape index (κ2) is 7.63. The van der Waals surface area contributed by atoms with Crippen molar-refractivity contribution in [3.05, 3.63) is 65.4 Å². The predicted molar refractivity (Wildman–Crippen MR) is 101 cm³/mol. The van der Waals surface area contributed by atoms with Crippen LogP contribution in [0.2, 0.25) is 0 Å². The van der Waals surface area contributed by atoms with Gasteiger partial charge in [0.25, 0.3) is 11.8 Å². The van der Waals surface area contributed by atoms with Gasteiger partial charge in [0.1, 0.15) is 11.4 Å². The molecule has 1 saturated heterocycles. The zero-order chi connectivity index (χ0) is 20.5. The number of hydrogen-bond donors (Lipinski definition) is 0. The zero-order valence-electron chi connectivity index (χ0n) is 15.7. The minimum absolute atomic E-state index is 0.0202. The Morgan fingerprint density at radius 2 is 1.62 bits per heavy atom. The fourth-order valence-corrected chi connectivity index (χ4v) is 3.48. The Balaban J connectivity index is 1.81. The molecule has 2 aromatic carbocycles. The van der Waals surface area contributed by atoms with Crippen LogP contribution in [-0.2, 0) is 14.3 Å². The molecule has 1 fully saturated rings. The standard InChI is InChI=1S/C21H18F2N2O4/c1-28-15-5-2-13(3-6-15)18-19(24-8-10-29-11-9-24)21(27)25(20(18)26)14-4-7-16(22)17(23)12-14/h2-7,12H,8-11H2,1H3. The molecule has 2 heterocycles. The van der Waals surface area contributed by atoms with Crippen LogP contribution in [0.5, 0.6) is 5.75 Å². The van der Waals surface area contributed by atoms with Gasteiger partial charge >= 0.3 is 0 Å². The molecular formula is C21H18F2N2O4. The third kappa shape index (κ3) is 3.36. The van der Waals surface area contributed by atoms with E-state index in [0.717, 1.165) is 17.0 Å². The number of amides is 2. The lowest BCUT2D eigenvalue weighted by atomic mass is 10.0. The first-order valence-corrected chi connectivity index (χ1v) is 9.06. The summed E-state index contributed by atoms with van der Waals surface area (Å²) in [6.45, 7) is 1.73. The van der Waals surface area contributed by atoms with Gasteiger partial charge in [-0.1, -0.05) is 12.1 Å². The van der Waals surface area contributed by atoms with Crippen molar-refractivity contribution in [2.45, 2.75) is 0 Å². The summed E-state index contributed by atoms with van der Waals surface area (Å²) in [7, 11) is 1.53. The number of carbonyl (C=O) groups excluding carboxylic acids is 2. The number of methoxy groups -OCH3 is 1. The Morgan fingerprint density at radius 1 is 0.931 bits per heavy atom. The molecule has 0 spiro atoms. The summed E-state index contributed by atoms with van der Waals surface area (Å²) in [6, 6.07) is 9.71. The van der Waals surface area contributed by atoms with Gasteiger partial charge < -0.3 is 14.4 Å². The number of halogens is 2. The van der Waals surface area contributed by atoms with E-state index in [1.54, 1.807) is 29.2 Å². The van der Waals surface area contributed by atoms with E-state index < -0.39 is 23.4 Å². The third-order valence-electron chi connectivity index (χ3n) is 4.93. The second-order valence-corrected chi connectivity index (χ2v) is 6.60. The van der Waals surface area contributed by atoms with Gasteiger partial charge in [-0.2, -0.15) is 0 Å². The average Bonchev–Trinajstić information content (AvgIpc) is 3.01. The summed E-state index contributed by atoms with van der Waals surface area (Å²) >= 11 is 0. The fraction of sp³-hybridized carbons (Fsp3) is 0.238. The van der Waals surface area contributed by atoms with E-state index in [9.17, 15) is 18.4 Å². The first-order valence-electron chi connectivity index (χ1n) is 9.06. The summed E-state index contributed by atoms with van der Waals surface area (Å²) in [5.74, 6) is -2.74. The SMILES string of the molecule is COc1ccc(C2=C(N3CCOCC3)C(=O)N(c3ccc(F)c(F)c3)C2=O)cc1. The molecule has 0 unspecified atom stereocenters. The summed E-state index contributed by atoms with van der Waals surface area (Å²) in [5.41, 5.74) is 0.960. The van der Waals surface area contributed by atoms with Gasteiger partial charge in [0.15, 0.2) is 11.6 Å². The number of anilines is 1. The highest BCUT2D eigenvalue weighted by Gasteiger charge is 2.43. The van der Waals surface area contributed by atoms with Crippen molar-refractivity contribution >= 4 is 23.1 Å². The number of hydrogen-bond acceptors (Lipinski definition) is 5. The normalized spacial score (nSPS) is 17.3. The topological polar surface area (TPSA) is 59.1 Å². The maximum absolute atomic E-state index is 13.8. The van der Waals surface area contributed by atoms with Crippen molar-refractivity contribution in [3.63, 3.8) is 0 Å². The van der Waals surface area contributed by atoms with Gasteiger partial charge in [0.05, 0.1) is 31.6 Å². The predicted octanol–water partition coefficient (Wildman–Crippen LogP) is 2.59. The fourth-order valence-electron chi connectivity index (χ4n) is 3.48. The van der Waals surface area contributed by atoms with Crippen molar-refractivity contribution in [2.75, 3.05) is 38.3 Å². The molecule has 6 nitrogen and oxygen atoms in total. The zero-order valence-corrected chi connectivity index (χ0v) is 15.7. The lowest BCUT2D eigenvalue weighted by Crippen LogP contribution is -2.40. The van der Waals surface area contributed by atoms with Crippen LogP contribution in [-0.4, -0.2) is 50.1 Å². The van der Waals surface area contributed by atoms with E-state index >= 15 is 0 Å². The smallest absolute Gasteiger partial charge is 0.282 e.